The Kier molecular flexibility index (Phi) is 3.24. The van der Waals surface area contributed by atoms with Crippen LogP contribution in [0.25, 0.3) is 0 Å². The normalized spacial score (nSPS) is 20.4. The summed E-state index contributed by atoms with van der Waals surface area (Å²) in [4.78, 5) is 0. The van der Waals surface area contributed by atoms with Gasteiger partial charge >= 0.3 is 66.9 Å². The van der Waals surface area contributed by atoms with Crippen LogP contribution in [0.5, 0.6) is 0 Å². The third-order valence-corrected chi connectivity index (χ3v) is 2.43. The van der Waals surface area contributed by atoms with Crippen molar-refractivity contribution in [1.29, 1.82) is 0 Å². The number of rotatable bonds is 0. The molecule has 1 rings (SSSR count). The maximum absolute atomic E-state index is 2.25. The van der Waals surface area contributed by atoms with Gasteiger partial charge in [-0.3, -0.25) is 0 Å². The maximum atomic E-state index is 2.25. The molecule has 0 aromatic rings. The number of hydrogen-bond acceptors (Lipinski definition) is 0. The summed E-state index contributed by atoms with van der Waals surface area (Å²) >= 11 is 2.20. The van der Waals surface area contributed by atoms with Crippen molar-refractivity contribution < 1.29 is 18.9 Å². The first-order valence-corrected chi connectivity index (χ1v) is 4.58. The van der Waals surface area contributed by atoms with Gasteiger partial charge in [-0.2, -0.15) is 0 Å². The van der Waals surface area contributed by atoms with Crippen molar-refractivity contribution in [3.63, 3.8) is 0 Å². The zero-order valence-corrected chi connectivity index (χ0v) is 7.79. The molecule has 0 saturated heterocycles. The van der Waals surface area contributed by atoms with Crippen LogP contribution in [-0.2, 0) is 18.9 Å². The van der Waals surface area contributed by atoms with E-state index in [0.717, 1.165) is 0 Å². The average Bonchev–Trinajstić information content (AvgIpc) is 1.79. The van der Waals surface area contributed by atoms with Crippen LogP contribution in [-0.4, -0.2) is 0 Å². The quantitative estimate of drug-likeness (QED) is 0.645. The van der Waals surface area contributed by atoms with Gasteiger partial charge in [-0.15, -0.1) is 0 Å². The van der Waals surface area contributed by atoms with Crippen molar-refractivity contribution in [3.05, 3.63) is 22.3 Å². The third-order valence-electron chi connectivity index (χ3n) is 1.43. The molecule has 0 bridgehead atoms. The minimum atomic E-state index is 1.27. The molecule has 52 valence electrons. The summed E-state index contributed by atoms with van der Waals surface area (Å²) in [5, 5.41) is 0. The Labute approximate surface area is 67.2 Å². The van der Waals surface area contributed by atoms with Crippen LogP contribution in [0.4, 0.5) is 0 Å². The zero-order chi connectivity index (χ0) is 6.53. The summed E-state index contributed by atoms with van der Waals surface area (Å²) in [7, 11) is 0. The summed E-state index contributed by atoms with van der Waals surface area (Å²) in [6.07, 6.45) is 11.9. The first-order chi connectivity index (χ1) is 4.39. The predicted octanol–water partition coefficient (Wildman–Crippen LogP) is 2.55. The molecular weight excluding hydrogens is 288 g/mol. The molecule has 1 heteroatoms. The van der Waals surface area contributed by atoms with Crippen molar-refractivity contribution in [3.8, 4) is 0 Å². The van der Waals surface area contributed by atoms with Gasteiger partial charge in [0.05, 0.1) is 0 Å². The summed E-state index contributed by atoms with van der Waals surface area (Å²) in [5.41, 5.74) is 0. The Balaban J connectivity index is 2.48. The fourth-order valence-corrected chi connectivity index (χ4v) is 1.55. The molecular formula is C8H11Ir. The second-order valence-electron chi connectivity index (χ2n) is 2.26. The van der Waals surface area contributed by atoms with Gasteiger partial charge in [-0.1, -0.05) is 0 Å². The minimum absolute atomic E-state index is 1.27. The second-order valence-corrected chi connectivity index (χ2v) is 3.80. The van der Waals surface area contributed by atoms with Gasteiger partial charge in [0, 0.05) is 0 Å². The topological polar surface area (TPSA) is 0 Å². The molecule has 0 nitrogen and oxygen atoms in total. The molecule has 0 heterocycles. The van der Waals surface area contributed by atoms with Crippen molar-refractivity contribution in [1.82, 2.24) is 0 Å². The fourth-order valence-electron chi connectivity index (χ4n) is 0.896. The SMILES string of the molecule is [Ir][C]1=CC=CCCCC1. The molecule has 0 atom stereocenters. The van der Waals surface area contributed by atoms with Crippen LogP contribution in [0.15, 0.2) is 22.3 Å². The Bertz CT molecular complexity index is 134. The van der Waals surface area contributed by atoms with E-state index in [1.807, 2.05) is 0 Å². The monoisotopic (exact) mass is 300 g/mol. The summed E-state index contributed by atoms with van der Waals surface area (Å²) < 4.78 is 1.52. The van der Waals surface area contributed by atoms with E-state index in [1.54, 1.807) is 0 Å². The molecule has 0 N–H and O–H groups in total. The first-order valence-electron chi connectivity index (χ1n) is 3.38. The van der Waals surface area contributed by atoms with E-state index in [9.17, 15) is 0 Å². The van der Waals surface area contributed by atoms with E-state index in [-0.39, 0.29) is 0 Å². The van der Waals surface area contributed by atoms with E-state index in [1.165, 1.54) is 29.8 Å². The molecule has 0 amide bonds. The van der Waals surface area contributed by atoms with Gasteiger partial charge in [0.15, 0.2) is 0 Å². The summed E-state index contributed by atoms with van der Waals surface area (Å²) in [5.74, 6) is 0. The Morgan fingerprint density at radius 3 is 3.11 bits per heavy atom. The first kappa shape index (κ1) is 7.24. The fraction of sp³-hybridized carbons (Fsp3) is 0.500. The molecule has 1 aliphatic rings. The molecule has 0 unspecified atom stereocenters. The van der Waals surface area contributed by atoms with E-state index < -0.39 is 0 Å². The second kappa shape index (κ2) is 4.03. The Morgan fingerprint density at radius 2 is 2.22 bits per heavy atom. The zero-order valence-electron chi connectivity index (χ0n) is 5.39. The molecule has 0 saturated carbocycles. The van der Waals surface area contributed by atoms with Crippen molar-refractivity contribution >= 4 is 0 Å². The van der Waals surface area contributed by atoms with Crippen molar-refractivity contribution in [2.24, 2.45) is 0 Å². The molecule has 0 aliphatic heterocycles. The molecule has 0 aromatic carbocycles. The average molecular weight is 299 g/mol. The van der Waals surface area contributed by atoms with Crippen LogP contribution in [0.1, 0.15) is 25.7 Å². The molecule has 9 heavy (non-hydrogen) atoms. The molecule has 0 aromatic heterocycles. The molecule has 0 fully saturated rings. The van der Waals surface area contributed by atoms with Crippen LogP contribution >= 0.6 is 0 Å². The molecule has 1 aliphatic carbocycles. The number of allylic oxidation sites excluding steroid dienone is 4. The van der Waals surface area contributed by atoms with Gasteiger partial charge in [0.25, 0.3) is 0 Å². The Hall–Kier alpha value is 0.129. The molecule has 0 radical (unpaired) electrons. The van der Waals surface area contributed by atoms with Crippen molar-refractivity contribution in [2.45, 2.75) is 25.7 Å². The number of hydrogen-bond donors (Lipinski definition) is 0. The molecule has 0 spiro atoms. The van der Waals surface area contributed by atoms with Crippen LogP contribution in [0.2, 0.25) is 0 Å². The predicted molar refractivity (Wildman–Crippen MR) is 35.7 cm³/mol. The van der Waals surface area contributed by atoms with Gasteiger partial charge in [-0.05, 0) is 0 Å². The Morgan fingerprint density at radius 1 is 1.33 bits per heavy atom. The summed E-state index contributed by atoms with van der Waals surface area (Å²) in [6, 6.07) is 0. The van der Waals surface area contributed by atoms with E-state index >= 15 is 0 Å². The van der Waals surface area contributed by atoms with E-state index in [2.05, 4.69) is 37.1 Å². The van der Waals surface area contributed by atoms with Gasteiger partial charge in [0.1, 0.15) is 0 Å². The van der Waals surface area contributed by atoms with Gasteiger partial charge in [-0.25, -0.2) is 0 Å². The van der Waals surface area contributed by atoms with E-state index in [4.69, 9.17) is 0 Å². The van der Waals surface area contributed by atoms with Gasteiger partial charge in [0.2, 0.25) is 0 Å². The third kappa shape index (κ3) is 2.98. The van der Waals surface area contributed by atoms with E-state index in [0.29, 0.717) is 0 Å². The summed E-state index contributed by atoms with van der Waals surface area (Å²) in [6.45, 7) is 0. The van der Waals surface area contributed by atoms with Crippen LogP contribution in [0.3, 0.4) is 0 Å². The standard InChI is InChI=1S/C8H11.Ir/c1-2-4-6-8-7-5-3-1;/h1-3H,4,6-8H2;. The van der Waals surface area contributed by atoms with Crippen LogP contribution < -0.4 is 0 Å². The van der Waals surface area contributed by atoms with Gasteiger partial charge < -0.3 is 0 Å². The van der Waals surface area contributed by atoms with Crippen LogP contribution in [0, 0.1) is 0 Å². The van der Waals surface area contributed by atoms with Crippen molar-refractivity contribution in [2.75, 3.05) is 0 Å².